The largest absolute Gasteiger partial charge is 0.504 e. The molecule has 1 heterocycles. The SMILES string of the molecule is CC/C(=C\c1cc(I)c(O)c(OC)c1)CC[C@@H](O)C1=C(CO)C[C@H]2C(=O)N(C(=O)OC)C(=O)[C@H]2[C@H]1CO. The maximum Gasteiger partial charge on any atom is 0.423 e. The third kappa shape index (κ3) is 5.69. The molecule has 0 aromatic heterocycles. The number of hydrogen-bond donors (Lipinski definition) is 4. The summed E-state index contributed by atoms with van der Waals surface area (Å²) in [4.78, 5) is 38.3. The lowest BCUT2D eigenvalue weighted by Crippen LogP contribution is -2.40. The van der Waals surface area contributed by atoms with Crippen molar-refractivity contribution in [3.05, 3.63) is 38.0 Å². The molecular weight excluding hydrogens is 597 g/mol. The molecule has 37 heavy (non-hydrogen) atoms. The Balaban J connectivity index is 1.85. The van der Waals surface area contributed by atoms with Gasteiger partial charge < -0.3 is 29.9 Å². The molecule has 3 amide bonds. The number of nitrogens with zero attached hydrogens (tertiary/aromatic N) is 1. The van der Waals surface area contributed by atoms with Gasteiger partial charge in [-0.05, 0) is 77.1 Å². The molecule has 1 aliphatic heterocycles. The molecule has 0 radical (unpaired) electrons. The van der Waals surface area contributed by atoms with E-state index in [0.29, 0.717) is 38.2 Å². The van der Waals surface area contributed by atoms with Crippen LogP contribution in [0.25, 0.3) is 6.08 Å². The Bertz CT molecular complexity index is 1130. The number of likely N-dealkylation sites (tertiary alicyclic amines) is 1. The summed E-state index contributed by atoms with van der Waals surface area (Å²) in [5.41, 5.74) is 2.57. The first-order valence-corrected chi connectivity index (χ1v) is 13.0. The summed E-state index contributed by atoms with van der Waals surface area (Å²) >= 11 is 2.02. The van der Waals surface area contributed by atoms with Gasteiger partial charge in [0.1, 0.15) is 0 Å². The number of amides is 3. The average molecular weight is 629 g/mol. The summed E-state index contributed by atoms with van der Waals surface area (Å²) < 4.78 is 10.4. The van der Waals surface area contributed by atoms with Crippen LogP contribution in [-0.4, -0.2) is 76.8 Å². The molecule has 0 bridgehead atoms. The second-order valence-corrected chi connectivity index (χ2v) is 10.3. The number of carbonyl (C=O) groups excluding carboxylic acids is 3. The molecule has 202 valence electrons. The van der Waals surface area contributed by atoms with Crippen molar-refractivity contribution in [1.82, 2.24) is 4.90 Å². The zero-order valence-corrected chi connectivity index (χ0v) is 23.1. The molecule has 1 saturated heterocycles. The van der Waals surface area contributed by atoms with Crippen LogP contribution in [0, 0.1) is 21.3 Å². The number of ether oxygens (including phenoxy) is 2. The number of rotatable bonds is 9. The first kappa shape index (κ1) is 29.1. The van der Waals surface area contributed by atoms with Crippen molar-refractivity contribution in [2.45, 2.75) is 38.7 Å². The number of benzene rings is 1. The Hall–Kier alpha value is -2.48. The first-order valence-electron chi connectivity index (χ1n) is 12.0. The highest BCUT2D eigenvalue weighted by Gasteiger charge is 2.57. The first-order chi connectivity index (χ1) is 17.6. The van der Waals surface area contributed by atoms with Gasteiger partial charge in [0, 0.05) is 5.92 Å². The number of hydrogen-bond acceptors (Lipinski definition) is 9. The fourth-order valence-electron chi connectivity index (χ4n) is 5.27. The molecule has 3 rings (SSSR count). The summed E-state index contributed by atoms with van der Waals surface area (Å²) in [5, 5.41) is 41.5. The van der Waals surface area contributed by atoms with Crippen molar-refractivity contribution in [3.63, 3.8) is 0 Å². The number of halogens is 1. The van der Waals surface area contributed by atoms with Gasteiger partial charge in [-0.2, -0.15) is 4.90 Å². The fourth-order valence-corrected chi connectivity index (χ4v) is 5.90. The number of aliphatic hydroxyl groups excluding tert-OH is 3. The molecule has 4 N–H and O–H groups in total. The monoisotopic (exact) mass is 629 g/mol. The Labute approximate surface area is 228 Å². The van der Waals surface area contributed by atoms with E-state index in [1.807, 2.05) is 41.7 Å². The molecule has 1 aromatic carbocycles. The maximum absolute atomic E-state index is 13.0. The molecule has 11 heteroatoms. The Morgan fingerprint density at radius 3 is 2.51 bits per heavy atom. The van der Waals surface area contributed by atoms with Gasteiger partial charge >= 0.3 is 6.09 Å². The number of phenols is 1. The highest BCUT2D eigenvalue weighted by molar-refractivity contribution is 14.1. The number of phenolic OH excluding ortho intramolecular Hbond substituents is 1. The van der Waals surface area contributed by atoms with Gasteiger partial charge in [-0.15, -0.1) is 0 Å². The van der Waals surface area contributed by atoms with Crippen LogP contribution in [0.1, 0.15) is 38.2 Å². The number of methoxy groups -OCH3 is 2. The minimum atomic E-state index is -1.09. The fraction of sp³-hybridized carbons (Fsp3) is 0.500. The zero-order valence-electron chi connectivity index (χ0n) is 20.9. The van der Waals surface area contributed by atoms with Crippen LogP contribution in [0.2, 0.25) is 0 Å². The highest BCUT2D eigenvalue weighted by Crippen LogP contribution is 2.46. The predicted molar refractivity (Wildman–Crippen MR) is 141 cm³/mol. The topological polar surface area (TPSA) is 154 Å². The summed E-state index contributed by atoms with van der Waals surface area (Å²) in [6, 6.07) is 3.53. The number of carbonyl (C=O) groups is 3. The van der Waals surface area contributed by atoms with E-state index in [1.165, 1.54) is 7.11 Å². The van der Waals surface area contributed by atoms with E-state index in [0.717, 1.165) is 18.2 Å². The van der Waals surface area contributed by atoms with Gasteiger partial charge in [0.2, 0.25) is 11.8 Å². The second kappa shape index (κ2) is 12.4. The molecule has 0 unspecified atom stereocenters. The second-order valence-electron chi connectivity index (χ2n) is 9.09. The van der Waals surface area contributed by atoms with Crippen LogP contribution in [0.4, 0.5) is 4.79 Å². The van der Waals surface area contributed by atoms with Crippen molar-refractivity contribution in [3.8, 4) is 11.5 Å². The molecule has 4 atom stereocenters. The van der Waals surface area contributed by atoms with Crippen molar-refractivity contribution in [2.75, 3.05) is 27.4 Å². The van der Waals surface area contributed by atoms with E-state index in [2.05, 4.69) is 4.74 Å². The van der Waals surface area contributed by atoms with Gasteiger partial charge in [0.25, 0.3) is 0 Å². The number of imide groups is 3. The maximum atomic E-state index is 13.0. The van der Waals surface area contributed by atoms with Gasteiger partial charge in [-0.3, -0.25) is 9.59 Å². The molecule has 0 spiro atoms. The molecule has 1 fully saturated rings. The van der Waals surface area contributed by atoms with Gasteiger partial charge in [0.05, 0.1) is 48.9 Å². The summed E-state index contributed by atoms with van der Waals surface area (Å²) in [7, 11) is 2.54. The lowest BCUT2D eigenvalue weighted by molar-refractivity contribution is -0.137. The summed E-state index contributed by atoms with van der Waals surface area (Å²) in [5.74, 6) is -3.94. The zero-order chi connectivity index (χ0) is 27.4. The number of aliphatic hydroxyl groups is 3. The Kier molecular flexibility index (Phi) is 9.73. The van der Waals surface area contributed by atoms with Crippen molar-refractivity contribution in [2.24, 2.45) is 17.8 Å². The molecule has 1 aromatic rings. The lowest BCUT2D eigenvalue weighted by atomic mass is 9.68. The third-order valence-electron chi connectivity index (χ3n) is 7.12. The van der Waals surface area contributed by atoms with Gasteiger partial charge in [-0.25, -0.2) is 4.79 Å². The van der Waals surface area contributed by atoms with E-state index < -0.39 is 55.0 Å². The van der Waals surface area contributed by atoms with Crippen LogP contribution in [0.15, 0.2) is 28.9 Å². The van der Waals surface area contributed by atoms with Crippen LogP contribution < -0.4 is 4.74 Å². The van der Waals surface area contributed by atoms with E-state index in [4.69, 9.17) is 4.74 Å². The van der Waals surface area contributed by atoms with E-state index in [-0.39, 0.29) is 18.6 Å². The highest BCUT2D eigenvalue weighted by atomic mass is 127. The van der Waals surface area contributed by atoms with E-state index >= 15 is 0 Å². The lowest BCUT2D eigenvalue weighted by Gasteiger charge is -2.36. The molecular formula is C26H32INO9. The van der Waals surface area contributed by atoms with Crippen molar-refractivity contribution in [1.29, 1.82) is 0 Å². The standard InChI is InChI=1S/C26H32INO9/c1-4-13(7-14-8-18(27)23(32)20(9-14)36-2)5-6-19(31)21-15(11-29)10-16-22(17(21)12-30)25(34)28(24(16)33)26(35)37-3/h7-9,16-17,19,22,29-32H,4-6,10-12H2,1-3H3/b13-7+/t16-,17+,19-,22-/m1/s1. The van der Waals surface area contributed by atoms with Crippen LogP contribution >= 0.6 is 22.6 Å². The van der Waals surface area contributed by atoms with Gasteiger partial charge in [-0.1, -0.05) is 18.6 Å². The van der Waals surface area contributed by atoms with Gasteiger partial charge in [0.15, 0.2) is 11.5 Å². The average Bonchev–Trinajstić information content (AvgIpc) is 3.15. The molecule has 2 aliphatic rings. The molecule has 0 saturated carbocycles. The third-order valence-corrected chi connectivity index (χ3v) is 7.94. The van der Waals surface area contributed by atoms with Crippen LogP contribution in [0.3, 0.4) is 0 Å². The van der Waals surface area contributed by atoms with Crippen molar-refractivity contribution >= 4 is 46.6 Å². The minimum Gasteiger partial charge on any atom is -0.504 e. The smallest absolute Gasteiger partial charge is 0.423 e. The molecule has 10 nitrogen and oxygen atoms in total. The Morgan fingerprint density at radius 2 is 1.95 bits per heavy atom. The Morgan fingerprint density at radius 1 is 1.24 bits per heavy atom. The van der Waals surface area contributed by atoms with E-state index in [9.17, 15) is 34.8 Å². The number of allylic oxidation sites excluding steroid dienone is 1. The molecule has 1 aliphatic carbocycles. The predicted octanol–water partition coefficient (Wildman–Crippen LogP) is 2.61. The quantitative estimate of drug-likeness (QED) is 0.183. The van der Waals surface area contributed by atoms with Crippen LogP contribution in [0.5, 0.6) is 11.5 Å². The number of fused-ring (bicyclic) bond motifs is 1. The summed E-state index contributed by atoms with van der Waals surface area (Å²) in [6.45, 7) is 0.993. The van der Waals surface area contributed by atoms with Crippen LogP contribution in [-0.2, 0) is 14.3 Å². The minimum absolute atomic E-state index is 0.00431. The number of aromatic hydroxyl groups is 1. The van der Waals surface area contributed by atoms with Crippen molar-refractivity contribution < 1.29 is 44.3 Å². The normalized spacial score (nSPS) is 22.8. The summed E-state index contributed by atoms with van der Waals surface area (Å²) in [6.07, 6.45) is 1.20. The van der Waals surface area contributed by atoms with E-state index in [1.54, 1.807) is 6.07 Å².